The first-order valence-corrected chi connectivity index (χ1v) is 7.39. The van der Waals surface area contributed by atoms with Gasteiger partial charge in [-0.1, -0.05) is 6.92 Å². The van der Waals surface area contributed by atoms with Crippen LogP contribution in [0.4, 0.5) is 0 Å². The molecule has 0 bridgehead atoms. The van der Waals surface area contributed by atoms with Crippen molar-refractivity contribution in [2.75, 3.05) is 6.61 Å². The van der Waals surface area contributed by atoms with E-state index >= 15 is 0 Å². The second-order valence-electron chi connectivity index (χ2n) is 5.27. The number of carbonyl (C=O) groups excluding carboxylic acids is 1. The Hall–Kier alpha value is -1.16. The predicted molar refractivity (Wildman–Crippen MR) is 74.1 cm³/mol. The van der Waals surface area contributed by atoms with Crippen LogP contribution in [0.25, 0.3) is 0 Å². The first-order chi connectivity index (χ1) is 9.22. The summed E-state index contributed by atoms with van der Waals surface area (Å²) in [5, 5.41) is 0. The van der Waals surface area contributed by atoms with Crippen molar-refractivity contribution < 1.29 is 9.53 Å². The molecule has 0 aliphatic heterocycles. The average molecular weight is 264 g/mol. The molecule has 0 atom stereocenters. The fourth-order valence-electron chi connectivity index (χ4n) is 2.98. The molecule has 4 nitrogen and oxygen atoms in total. The highest BCUT2D eigenvalue weighted by Gasteiger charge is 2.41. The minimum absolute atomic E-state index is 0.204. The first kappa shape index (κ1) is 14.3. The summed E-state index contributed by atoms with van der Waals surface area (Å²) in [6.45, 7) is 5.62. The topological polar surface area (TPSA) is 44.1 Å². The van der Waals surface area contributed by atoms with Crippen molar-refractivity contribution >= 4 is 5.78 Å². The number of ether oxygens (including phenoxy) is 1. The number of aromatic nitrogens is 2. The zero-order valence-corrected chi connectivity index (χ0v) is 12.0. The summed E-state index contributed by atoms with van der Waals surface area (Å²) in [6.07, 6.45) is 9.10. The summed E-state index contributed by atoms with van der Waals surface area (Å²) in [7, 11) is 0. The van der Waals surface area contributed by atoms with Crippen LogP contribution in [0.3, 0.4) is 0 Å². The molecule has 1 aromatic rings. The van der Waals surface area contributed by atoms with Crippen LogP contribution in [-0.2, 0) is 22.5 Å². The van der Waals surface area contributed by atoms with E-state index in [0.717, 1.165) is 44.5 Å². The highest BCUT2D eigenvalue weighted by atomic mass is 16.5. The zero-order chi connectivity index (χ0) is 13.7. The Kier molecular flexibility index (Phi) is 4.75. The Labute approximate surface area is 115 Å². The van der Waals surface area contributed by atoms with Crippen LogP contribution in [0.5, 0.6) is 0 Å². The third-order valence-electron chi connectivity index (χ3n) is 3.92. The molecule has 1 aromatic heterocycles. The maximum atomic E-state index is 12.6. The van der Waals surface area contributed by atoms with Gasteiger partial charge >= 0.3 is 0 Å². The Bertz CT molecular complexity index is 420. The fraction of sp³-hybridized carbons (Fsp3) is 0.733. The largest absolute Gasteiger partial charge is 0.367 e. The first-order valence-electron chi connectivity index (χ1n) is 7.39. The van der Waals surface area contributed by atoms with Crippen LogP contribution in [0.15, 0.2) is 12.4 Å². The van der Waals surface area contributed by atoms with Gasteiger partial charge < -0.3 is 9.30 Å². The average Bonchev–Trinajstić information content (AvgIpc) is 3.01. The van der Waals surface area contributed by atoms with Crippen molar-refractivity contribution in [3.05, 3.63) is 18.2 Å². The molecule has 0 unspecified atom stereocenters. The van der Waals surface area contributed by atoms with Crippen molar-refractivity contribution in [1.29, 1.82) is 0 Å². The summed E-state index contributed by atoms with van der Waals surface area (Å²) >= 11 is 0. The summed E-state index contributed by atoms with van der Waals surface area (Å²) in [5.41, 5.74) is -0.530. The van der Waals surface area contributed by atoms with E-state index in [1.165, 1.54) is 0 Å². The van der Waals surface area contributed by atoms with Gasteiger partial charge in [-0.25, -0.2) is 4.98 Å². The standard InChI is InChI=1S/C15H24N2O2/c1-3-10-17-11-9-16-14(17)12-13(18)15(19-4-2)7-5-6-8-15/h9,11H,3-8,10,12H2,1-2H3. The lowest BCUT2D eigenvalue weighted by molar-refractivity contribution is -0.143. The van der Waals surface area contributed by atoms with E-state index in [0.29, 0.717) is 13.0 Å². The summed E-state index contributed by atoms with van der Waals surface area (Å²) in [5.74, 6) is 1.08. The van der Waals surface area contributed by atoms with Crippen LogP contribution in [0.2, 0.25) is 0 Å². The van der Waals surface area contributed by atoms with Gasteiger partial charge in [0, 0.05) is 25.5 Å². The summed E-state index contributed by atoms with van der Waals surface area (Å²) in [6, 6.07) is 0. The van der Waals surface area contributed by atoms with E-state index in [-0.39, 0.29) is 5.78 Å². The molecule has 0 N–H and O–H groups in total. The van der Waals surface area contributed by atoms with Gasteiger partial charge in [0.25, 0.3) is 0 Å². The number of Topliss-reactive ketones (excluding diaryl/α,β-unsaturated/α-hetero) is 1. The number of nitrogens with zero attached hydrogens (tertiary/aromatic N) is 2. The molecule has 4 heteroatoms. The monoisotopic (exact) mass is 264 g/mol. The van der Waals surface area contributed by atoms with Gasteiger partial charge in [-0.2, -0.15) is 0 Å². The van der Waals surface area contributed by atoms with Gasteiger partial charge in [0.05, 0.1) is 6.42 Å². The van der Waals surface area contributed by atoms with E-state index < -0.39 is 5.60 Å². The Morgan fingerprint density at radius 3 is 2.79 bits per heavy atom. The number of hydrogen-bond acceptors (Lipinski definition) is 3. The van der Waals surface area contributed by atoms with Gasteiger partial charge in [0.2, 0.25) is 0 Å². The molecule has 1 aliphatic carbocycles. The maximum Gasteiger partial charge on any atom is 0.172 e. The van der Waals surface area contributed by atoms with E-state index in [1.807, 2.05) is 13.1 Å². The molecule has 2 rings (SSSR count). The van der Waals surface area contributed by atoms with Crippen molar-refractivity contribution in [3.63, 3.8) is 0 Å². The van der Waals surface area contributed by atoms with Gasteiger partial charge in [-0.3, -0.25) is 4.79 Å². The lowest BCUT2D eigenvalue weighted by Crippen LogP contribution is -2.40. The Balaban J connectivity index is 2.08. The third-order valence-corrected chi connectivity index (χ3v) is 3.92. The van der Waals surface area contributed by atoms with E-state index in [4.69, 9.17) is 4.74 Å². The van der Waals surface area contributed by atoms with E-state index in [2.05, 4.69) is 16.5 Å². The van der Waals surface area contributed by atoms with Crippen molar-refractivity contribution in [1.82, 2.24) is 9.55 Å². The molecule has 1 saturated carbocycles. The molecule has 1 fully saturated rings. The predicted octanol–water partition coefficient (Wildman–Crippen LogP) is 2.75. The van der Waals surface area contributed by atoms with E-state index in [9.17, 15) is 4.79 Å². The van der Waals surface area contributed by atoms with Crippen LogP contribution in [-0.4, -0.2) is 27.5 Å². The third kappa shape index (κ3) is 3.06. The molecule has 0 radical (unpaired) electrons. The SMILES string of the molecule is CCCn1ccnc1CC(=O)C1(OCC)CCCC1. The summed E-state index contributed by atoms with van der Waals surface area (Å²) < 4.78 is 7.89. The Morgan fingerprint density at radius 2 is 2.16 bits per heavy atom. The highest BCUT2D eigenvalue weighted by Crippen LogP contribution is 2.34. The number of hydrogen-bond donors (Lipinski definition) is 0. The van der Waals surface area contributed by atoms with Gasteiger partial charge in [0.1, 0.15) is 11.4 Å². The smallest absolute Gasteiger partial charge is 0.172 e. The fourth-order valence-corrected chi connectivity index (χ4v) is 2.98. The number of rotatable bonds is 7. The molecule has 19 heavy (non-hydrogen) atoms. The zero-order valence-electron chi connectivity index (χ0n) is 12.0. The molecular weight excluding hydrogens is 240 g/mol. The van der Waals surface area contributed by atoms with Crippen molar-refractivity contribution in [2.45, 2.75) is 64.5 Å². The number of carbonyl (C=O) groups is 1. The number of aryl methyl sites for hydroxylation is 1. The molecule has 106 valence electrons. The maximum absolute atomic E-state index is 12.6. The second kappa shape index (κ2) is 6.33. The molecule has 0 aromatic carbocycles. The van der Waals surface area contributed by atoms with Crippen LogP contribution in [0, 0.1) is 0 Å². The molecule has 0 amide bonds. The normalized spacial score (nSPS) is 17.8. The van der Waals surface area contributed by atoms with Crippen molar-refractivity contribution in [3.8, 4) is 0 Å². The van der Waals surface area contributed by atoms with E-state index in [1.54, 1.807) is 6.20 Å². The minimum atomic E-state index is -0.530. The lowest BCUT2D eigenvalue weighted by Gasteiger charge is -2.27. The Morgan fingerprint density at radius 1 is 1.42 bits per heavy atom. The van der Waals surface area contributed by atoms with Crippen molar-refractivity contribution in [2.24, 2.45) is 0 Å². The molecule has 0 saturated heterocycles. The number of ketones is 1. The van der Waals surface area contributed by atoms with Crippen LogP contribution in [0.1, 0.15) is 51.8 Å². The molecule has 1 heterocycles. The van der Waals surface area contributed by atoms with Crippen LogP contribution < -0.4 is 0 Å². The quantitative estimate of drug-likeness (QED) is 0.760. The molecule has 1 aliphatic rings. The lowest BCUT2D eigenvalue weighted by atomic mass is 9.93. The molecular formula is C15H24N2O2. The summed E-state index contributed by atoms with van der Waals surface area (Å²) in [4.78, 5) is 16.9. The highest BCUT2D eigenvalue weighted by molar-refractivity contribution is 5.89. The van der Waals surface area contributed by atoms with Gasteiger partial charge in [-0.05, 0) is 39.0 Å². The minimum Gasteiger partial charge on any atom is -0.367 e. The second-order valence-corrected chi connectivity index (χ2v) is 5.27. The van der Waals surface area contributed by atoms with Gasteiger partial charge in [0.15, 0.2) is 5.78 Å². The van der Waals surface area contributed by atoms with Gasteiger partial charge in [-0.15, -0.1) is 0 Å². The number of imidazole rings is 1. The van der Waals surface area contributed by atoms with Crippen LogP contribution >= 0.6 is 0 Å². The molecule has 0 spiro atoms.